The van der Waals surface area contributed by atoms with Crippen LogP contribution < -0.4 is 0 Å². The molecule has 0 aliphatic heterocycles. The molecule has 0 aromatic rings. The van der Waals surface area contributed by atoms with E-state index in [2.05, 4.69) is 20.8 Å². The number of esters is 1. The van der Waals surface area contributed by atoms with Crippen molar-refractivity contribution in [1.29, 1.82) is 0 Å². The number of likely N-dealkylation sites (N-methyl/N-ethyl adjacent to an activating group) is 1. The van der Waals surface area contributed by atoms with Crippen LogP contribution in [0.5, 0.6) is 0 Å². The van der Waals surface area contributed by atoms with Crippen LogP contribution in [0.2, 0.25) is 0 Å². The molecule has 1 rings (SSSR count). The number of nitrogens with zero attached hydrogens (tertiary/aromatic N) is 1. The highest BCUT2D eigenvalue weighted by Gasteiger charge is 2.39. The molecule has 0 saturated heterocycles. The average Bonchev–Trinajstić information content (AvgIpc) is 2.44. The van der Waals surface area contributed by atoms with Crippen LogP contribution in [0.3, 0.4) is 0 Å². The Morgan fingerprint density at radius 1 is 1.21 bits per heavy atom. The maximum Gasteiger partial charge on any atom is 0.329 e. The highest BCUT2D eigenvalue weighted by atomic mass is 16.6. The van der Waals surface area contributed by atoms with Crippen LogP contribution in [0.25, 0.3) is 0 Å². The molecule has 1 saturated carbocycles. The lowest BCUT2D eigenvalue weighted by Gasteiger charge is -2.39. The molecule has 4 nitrogen and oxygen atoms in total. The van der Waals surface area contributed by atoms with Crippen molar-refractivity contribution in [3.05, 3.63) is 0 Å². The van der Waals surface area contributed by atoms with Gasteiger partial charge in [-0.05, 0) is 57.8 Å². The van der Waals surface area contributed by atoms with Gasteiger partial charge in [-0.2, -0.15) is 0 Å². The van der Waals surface area contributed by atoms with Gasteiger partial charge in [-0.25, -0.2) is 4.79 Å². The summed E-state index contributed by atoms with van der Waals surface area (Å²) in [4.78, 5) is 27.3. The highest BCUT2D eigenvalue weighted by Crippen LogP contribution is 2.39. The standard InChI is InChI=1S/C20H37NO3/c1-9-17(19(23)24-20(5,6)7)21(8)18(22)16-12-14(4)10-11-15(16)13(2)3/h13-17H,9-12H2,1-8H3/t14-,15+,16-,17-/m1/s1. The number of ether oxygens (including phenoxy) is 1. The number of carbonyl (C=O) groups is 2. The fourth-order valence-corrected chi connectivity index (χ4v) is 3.87. The number of amides is 1. The van der Waals surface area contributed by atoms with E-state index in [-0.39, 0.29) is 17.8 Å². The van der Waals surface area contributed by atoms with Gasteiger partial charge in [0, 0.05) is 13.0 Å². The predicted molar refractivity (Wildman–Crippen MR) is 97.5 cm³/mol. The smallest absolute Gasteiger partial charge is 0.329 e. The molecular weight excluding hydrogens is 302 g/mol. The lowest BCUT2D eigenvalue weighted by molar-refractivity contribution is -0.165. The first-order valence-electron chi connectivity index (χ1n) is 9.47. The van der Waals surface area contributed by atoms with Gasteiger partial charge in [0.2, 0.25) is 5.91 Å². The summed E-state index contributed by atoms with van der Waals surface area (Å²) in [6.07, 6.45) is 3.80. The van der Waals surface area contributed by atoms with Crippen molar-refractivity contribution < 1.29 is 14.3 Å². The van der Waals surface area contributed by atoms with Gasteiger partial charge < -0.3 is 9.64 Å². The largest absolute Gasteiger partial charge is 0.458 e. The molecule has 0 bridgehead atoms. The third-order valence-corrected chi connectivity index (χ3v) is 5.22. The quantitative estimate of drug-likeness (QED) is 0.703. The Morgan fingerprint density at radius 3 is 2.25 bits per heavy atom. The van der Waals surface area contributed by atoms with Crippen molar-refractivity contribution in [2.75, 3.05) is 7.05 Å². The molecule has 24 heavy (non-hydrogen) atoms. The summed E-state index contributed by atoms with van der Waals surface area (Å²) in [5.41, 5.74) is -0.534. The van der Waals surface area contributed by atoms with Crippen LogP contribution in [-0.4, -0.2) is 35.5 Å². The third kappa shape index (κ3) is 5.49. The summed E-state index contributed by atoms with van der Waals surface area (Å²) in [5, 5.41) is 0. The molecule has 0 heterocycles. The first-order chi connectivity index (χ1) is 11.0. The SMILES string of the molecule is CC[C@H](C(=O)OC(C)(C)C)N(C)C(=O)[C@@H]1C[C@H](C)CC[C@H]1C(C)C. The van der Waals surface area contributed by atoms with Gasteiger partial charge in [0.25, 0.3) is 0 Å². The minimum Gasteiger partial charge on any atom is -0.458 e. The van der Waals surface area contributed by atoms with Crippen molar-refractivity contribution in [1.82, 2.24) is 4.90 Å². The molecule has 0 unspecified atom stereocenters. The van der Waals surface area contributed by atoms with E-state index in [9.17, 15) is 9.59 Å². The summed E-state index contributed by atoms with van der Waals surface area (Å²) in [5.74, 6) is 1.30. The van der Waals surface area contributed by atoms with Crippen molar-refractivity contribution in [3.8, 4) is 0 Å². The summed E-state index contributed by atoms with van der Waals surface area (Å²) < 4.78 is 5.51. The maximum absolute atomic E-state index is 13.1. The van der Waals surface area contributed by atoms with Gasteiger partial charge in [-0.15, -0.1) is 0 Å². The molecule has 1 aliphatic carbocycles. The average molecular weight is 340 g/mol. The van der Waals surface area contributed by atoms with E-state index in [1.807, 2.05) is 27.7 Å². The van der Waals surface area contributed by atoms with E-state index in [0.717, 1.165) is 12.8 Å². The van der Waals surface area contributed by atoms with Crippen LogP contribution in [0.15, 0.2) is 0 Å². The molecule has 0 spiro atoms. The molecule has 4 heteroatoms. The molecular formula is C20H37NO3. The lowest BCUT2D eigenvalue weighted by Crippen LogP contribution is -2.49. The lowest BCUT2D eigenvalue weighted by atomic mass is 9.69. The van der Waals surface area contributed by atoms with Gasteiger partial charge in [0.05, 0.1) is 0 Å². The van der Waals surface area contributed by atoms with Crippen molar-refractivity contribution in [2.24, 2.45) is 23.7 Å². The van der Waals surface area contributed by atoms with Crippen LogP contribution in [-0.2, 0) is 14.3 Å². The second-order valence-corrected chi connectivity index (χ2v) is 8.84. The Morgan fingerprint density at radius 2 is 1.79 bits per heavy atom. The Balaban J connectivity index is 2.90. The van der Waals surface area contributed by atoms with Crippen molar-refractivity contribution in [2.45, 2.75) is 85.8 Å². The fourth-order valence-electron chi connectivity index (χ4n) is 3.87. The molecule has 4 atom stereocenters. The van der Waals surface area contributed by atoms with Gasteiger partial charge >= 0.3 is 5.97 Å². The molecule has 0 aromatic carbocycles. The molecule has 0 aromatic heterocycles. The Labute approximate surface area is 148 Å². The summed E-state index contributed by atoms with van der Waals surface area (Å²) in [7, 11) is 1.76. The van der Waals surface area contributed by atoms with Gasteiger partial charge in [0.1, 0.15) is 11.6 Å². The highest BCUT2D eigenvalue weighted by molar-refractivity contribution is 5.86. The van der Waals surface area contributed by atoms with E-state index in [1.54, 1.807) is 11.9 Å². The second-order valence-electron chi connectivity index (χ2n) is 8.84. The predicted octanol–water partition coefficient (Wildman–Crippen LogP) is 4.27. The molecule has 1 fully saturated rings. The zero-order valence-corrected chi connectivity index (χ0v) is 16.9. The molecule has 0 radical (unpaired) electrons. The number of rotatable bonds is 5. The number of hydrogen-bond donors (Lipinski definition) is 0. The molecule has 1 amide bonds. The van der Waals surface area contributed by atoms with E-state index in [0.29, 0.717) is 24.2 Å². The Bertz CT molecular complexity index is 439. The Kier molecular flexibility index (Phi) is 7.30. The van der Waals surface area contributed by atoms with Gasteiger partial charge in [-0.1, -0.05) is 34.1 Å². The summed E-state index contributed by atoms with van der Waals surface area (Å²) >= 11 is 0. The molecule has 1 aliphatic rings. The van der Waals surface area contributed by atoms with Crippen LogP contribution in [0.1, 0.15) is 74.1 Å². The summed E-state index contributed by atoms with van der Waals surface area (Å²) in [6.45, 7) is 14.1. The summed E-state index contributed by atoms with van der Waals surface area (Å²) in [6, 6.07) is -0.498. The van der Waals surface area contributed by atoms with E-state index in [4.69, 9.17) is 4.74 Å². The van der Waals surface area contributed by atoms with Crippen molar-refractivity contribution in [3.63, 3.8) is 0 Å². The molecule has 0 N–H and O–H groups in total. The third-order valence-electron chi connectivity index (χ3n) is 5.22. The minimum absolute atomic E-state index is 0.0234. The monoisotopic (exact) mass is 339 g/mol. The zero-order chi connectivity index (χ0) is 18.7. The second kappa shape index (κ2) is 8.35. The normalized spacial score (nSPS) is 26.1. The first kappa shape index (κ1) is 21.0. The minimum atomic E-state index is -0.534. The van der Waals surface area contributed by atoms with E-state index in [1.165, 1.54) is 6.42 Å². The van der Waals surface area contributed by atoms with Gasteiger partial charge in [-0.3, -0.25) is 4.79 Å². The fraction of sp³-hybridized carbons (Fsp3) is 0.900. The topological polar surface area (TPSA) is 46.6 Å². The zero-order valence-electron chi connectivity index (χ0n) is 16.9. The van der Waals surface area contributed by atoms with Crippen LogP contribution in [0.4, 0.5) is 0 Å². The van der Waals surface area contributed by atoms with Crippen LogP contribution >= 0.6 is 0 Å². The Hall–Kier alpha value is -1.06. The van der Waals surface area contributed by atoms with E-state index >= 15 is 0 Å². The maximum atomic E-state index is 13.1. The van der Waals surface area contributed by atoms with Crippen molar-refractivity contribution >= 4 is 11.9 Å². The molecule has 140 valence electrons. The van der Waals surface area contributed by atoms with Gasteiger partial charge in [0.15, 0.2) is 0 Å². The number of hydrogen-bond acceptors (Lipinski definition) is 3. The first-order valence-corrected chi connectivity index (χ1v) is 9.47. The number of carbonyl (C=O) groups excluding carboxylic acids is 2. The van der Waals surface area contributed by atoms with Crippen LogP contribution in [0, 0.1) is 23.7 Å². The van der Waals surface area contributed by atoms with E-state index < -0.39 is 11.6 Å².